The molecule has 0 radical (unpaired) electrons. The van der Waals surface area contributed by atoms with Gasteiger partial charge in [-0.2, -0.15) is 0 Å². The summed E-state index contributed by atoms with van der Waals surface area (Å²) in [4.78, 5) is 0. The third-order valence-electron chi connectivity index (χ3n) is 2.71. The van der Waals surface area contributed by atoms with Crippen LogP contribution in [0.3, 0.4) is 0 Å². The second-order valence-corrected chi connectivity index (χ2v) is 5.25. The Bertz CT molecular complexity index is 581. The largest absolute Gasteiger partial charge is 0.483 e. The van der Waals surface area contributed by atoms with Gasteiger partial charge in [0.1, 0.15) is 6.61 Å². The second-order valence-electron chi connectivity index (χ2n) is 4.34. The van der Waals surface area contributed by atoms with Crippen LogP contribution in [-0.4, -0.2) is 7.05 Å². The summed E-state index contributed by atoms with van der Waals surface area (Å²) in [5.74, 6) is -1.72. The van der Waals surface area contributed by atoms with Gasteiger partial charge in [0.05, 0.1) is 0 Å². The molecule has 0 unspecified atom stereocenters. The summed E-state index contributed by atoms with van der Waals surface area (Å²) < 4.78 is 33.8. The molecule has 5 heteroatoms. The Balaban J connectivity index is 2.13. The first kappa shape index (κ1) is 14.9. The van der Waals surface area contributed by atoms with Gasteiger partial charge >= 0.3 is 0 Å². The van der Waals surface area contributed by atoms with Crippen LogP contribution in [0.25, 0.3) is 0 Å². The zero-order valence-electron chi connectivity index (χ0n) is 10.9. The predicted molar refractivity (Wildman–Crippen MR) is 77.6 cm³/mol. The van der Waals surface area contributed by atoms with E-state index in [0.29, 0.717) is 12.1 Å². The van der Waals surface area contributed by atoms with Gasteiger partial charge in [0, 0.05) is 11.0 Å². The fraction of sp³-hybridized carbons (Fsp3) is 0.200. The maximum atomic E-state index is 13.8. The molecule has 0 heterocycles. The third kappa shape index (κ3) is 3.77. The Hall–Kier alpha value is -1.46. The van der Waals surface area contributed by atoms with Gasteiger partial charge < -0.3 is 10.1 Å². The van der Waals surface area contributed by atoms with Crippen molar-refractivity contribution in [2.75, 3.05) is 7.05 Å². The molecule has 2 rings (SSSR count). The van der Waals surface area contributed by atoms with Gasteiger partial charge in [0.25, 0.3) is 0 Å². The first-order chi connectivity index (χ1) is 9.60. The van der Waals surface area contributed by atoms with Crippen molar-refractivity contribution in [1.29, 1.82) is 0 Å². The number of ether oxygens (including phenoxy) is 1. The molecule has 0 aliphatic rings. The molecule has 0 bridgehead atoms. The smallest absolute Gasteiger partial charge is 0.191 e. The lowest BCUT2D eigenvalue weighted by molar-refractivity contribution is 0.273. The summed E-state index contributed by atoms with van der Waals surface area (Å²) in [6, 6.07) is 9.93. The van der Waals surface area contributed by atoms with Gasteiger partial charge in [0.15, 0.2) is 17.4 Å². The van der Waals surface area contributed by atoms with Gasteiger partial charge in [0.2, 0.25) is 0 Å². The van der Waals surface area contributed by atoms with E-state index < -0.39 is 11.6 Å². The number of hydrogen-bond acceptors (Lipinski definition) is 2. The summed E-state index contributed by atoms with van der Waals surface area (Å²) in [7, 11) is 1.72. The average molecular weight is 342 g/mol. The summed E-state index contributed by atoms with van der Waals surface area (Å²) in [5.41, 5.74) is 1.37. The zero-order valence-corrected chi connectivity index (χ0v) is 12.5. The van der Waals surface area contributed by atoms with Crippen LogP contribution in [0.5, 0.6) is 5.75 Å². The molecule has 2 nitrogen and oxygen atoms in total. The molecule has 2 aromatic carbocycles. The van der Waals surface area contributed by atoms with Crippen molar-refractivity contribution in [3.05, 3.63) is 63.6 Å². The van der Waals surface area contributed by atoms with Crippen molar-refractivity contribution < 1.29 is 13.5 Å². The molecule has 0 atom stereocenters. The van der Waals surface area contributed by atoms with Gasteiger partial charge in [-0.3, -0.25) is 0 Å². The van der Waals surface area contributed by atoms with E-state index in [1.165, 1.54) is 12.1 Å². The molecule has 2 aromatic rings. The number of hydrogen-bond donors (Lipinski definition) is 1. The summed E-state index contributed by atoms with van der Waals surface area (Å²) in [6.45, 7) is 0.512. The van der Waals surface area contributed by atoms with E-state index >= 15 is 0 Å². The Morgan fingerprint density at radius 3 is 2.40 bits per heavy atom. The van der Waals surface area contributed by atoms with Crippen LogP contribution in [0.4, 0.5) is 8.78 Å². The Morgan fingerprint density at radius 1 is 1.10 bits per heavy atom. The molecule has 0 saturated carbocycles. The molecule has 0 saturated heterocycles. The summed E-state index contributed by atoms with van der Waals surface area (Å²) >= 11 is 3.33. The van der Waals surface area contributed by atoms with Crippen molar-refractivity contribution >= 4 is 15.9 Å². The lowest BCUT2D eigenvalue weighted by Crippen LogP contribution is -2.07. The standard InChI is InChI=1S/C15H14BrF2NO/c1-19-8-11-6-13(17)15(14(18)7-11)20-9-10-3-2-4-12(16)5-10/h2-7,19H,8-9H2,1H3. The molecule has 0 aliphatic carbocycles. The molecule has 0 aliphatic heterocycles. The summed E-state index contributed by atoms with van der Waals surface area (Å²) in [6.07, 6.45) is 0. The summed E-state index contributed by atoms with van der Waals surface area (Å²) in [5, 5.41) is 2.84. The number of nitrogens with one attached hydrogen (secondary N) is 1. The van der Waals surface area contributed by atoms with Crippen molar-refractivity contribution in [3.8, 4) is 5.75 Å². The average Bonchev–Trinajstić information content (AvgIpc) is 2.38. The van der Waals surface area contributed by atoms with E-state index in [1.54, 1.807) is 7.05 Å². The van der Waals surface area contributed by atoms with Crippen molar-refractivity contribution in [3.63, 3.8) is 0 Å². The highest BCUT2D eigenvalue weighted by Gasteiger charge is 2.12. The predicted octanol–water partition coefficient (Wildman–Crippen LogP) is 4.03. The van der Waals surface area contributed by atoms with Crippen LogP contribution >= 0.6 is 15.9 Å². The number of benzene rings is 2. The zero-order chi connectivity index (χ0) is 14.5. The third-order valence-corrected chi connectivity index (χ3v) is 3.20. The van der Waals surface area contributed by atoms with Gasteiger partial charge in [-0.15, -0.1) is 0 Å². The lowest BCUT2D eigenvalue weighted by atomic mass is 10.2. The lowest BCUT2D eigenvalue weighted by Gasteiger charge is -2.10. The van der Waals surface area contributed by atoms with Crippen LogP contribution in [0.2, 0.25) is 0 Å². The fourth-order valence-electron chi connectivity index (χ4n) is 1.84. The Kier molecular flexibility index (Phi) is 5.09. The van der Waals surface area contributed by atoms with Crippen LogP contribution in [0.1, 0.15) is 11.1 Å². The maximum absolute atomic E-state index is 13.8. The second kappa shape index (κ2) is 6.81. The minimum Gasteiger partial charge on any atom is -0.483 e. The monoisotopic (exact) mass is 341 g/mol. The van der Waals surface area contributed by atoms with Crippen LogP contribution in [0.15, 0.2) is 40.9 Å². The van der Waals surface area contributed by atoms with Crippen LogP contribution < -0.4 is 10.1 Å². The van der Waals surface area contributed by atoms with E-state index in [1.807, 2.05) is 24.3 Å². The molecule has 0 amide bonds. The quantitative estimate of drug-likeness (QED) is 0.886. The van der Waals surface area contributed by atoms with Crippen molar-refractivity contribution in [2.45, 2.75) is 13.2 Å². The van der Waals surface area contributed by atoms with E-state index in [2.05, 4.69) is 21.2 Å². The SMILES string of the molecule is CNCc1cc(F)c(OCc2cccc(Br)c2)c(F)c1. The van der Waals surface area contributed by atoms with E-state index in [4.69, 9.17) is 4.74 Å². The van der Waals surface area contributed by atoms with E-state index in [9.17, 15) is 8.78 Å². The highest BCUT2D eigenvalue weighted by atomic mass is 79.9. The van der Waals surface area contributed by atoms with Crippen LogP contribution in [0, 0.1) is 11.6 Å². The molecule has 106 valence electrons. The fourth-order valence-corrected chi connectivity index (χ4v) is 2.29. The minimum atomic E-state index is -0.690. The molecule has 0 spiro atoms. The van der Waals surface area contributed by atoms with E-state index in [-0.39, 0.29) is 12.4 Å². The molecule has 0 aromatic heterocycles. The maximum Gasteiger partial charge on any atom is 0.191 e. The van der Waals surface area contributed by atoms with Gasteiger partial charge in [-0.1, -0.05) is 28.1 Å². The number of halogens is 3. The molecule has 0 fully saturated rings. The molecule has 1 N–H and O–H groups in total. The number of rotatable bonds is 5. The van der Waals surface area contributed by atoms with Crippen molar-refractivity contribution in [1.82, 2.24) is 5.32 Å². The topological polar surface area (TPSA) is 21.3 Å². The van der Waals surface area contributed by atoms with E-state index in [0.717, 1.165) is 10.0 Å². The van der Waals surface area contributed by atoms with Gasteiger partial charge in [-0.05, 0) is 42.4 Å². The Morgan fingerprint density at radius 2 is 1.80 bits per heavy atom. The molecular formula is C15H14BrF2NO. The molecular weight excluding hydrogens is 328 g/mol. The highest BCUT2D eigenvalue weighted by molar-refractivity contribution is 9.10. The normalized spacial score (nSPS) is 10.6. The minimum absolute atomic E-state index is 0.110. The molecule has 20 heavy (non-hydrogen) atoms. The van der Waals surface area contributed by atoms with Gasteiger partial charge in [-0.25, -0.2) is 8.78 Å². The first-order valence-electron chi connectivity index (χ1n) is 6.10. The van der Waals surface area contributed by atoms with Crippen LogP contribution in [-0.2, 0) is 13.2 Å². The highest BCUT2D eigenvalue weighted by Crippen LogP contribution is 2.24. The Labute approximate surface area is 124 Å². The first-order valence-corrected chi connectivity index (χ1v) is 6.89. The van der Waals surface area contributed by atoms with Crippen molar-refractivity contribution in [2.24, 2.45) is 0 Å².